The van der Waals surface area contributed by atoms with Gasteiger partial charge in [0.25, 0.3) is 0 Å². The molecule has 0 saturated heterocycles. The highest BCUT2D eigenvalue weighted by Gasteiger charge is 2.21. The lowest BCUT2D eigenvalue weighted by molar-refractivity contribution is -0.485. The Labute approximate surface area is 129 Å². The molecule has 0 radical (unpaired) electrons. The van der Waals surface area contributed by atoms with Crippen molar-refractivity contribution in [3.63, 3.8) is 0 Å². The average molecular weight is 307 g/mol. The average Bonchev–Trinajstić information content (AvgIpc) is 2.34. The second-order valence-corrected chi connectivity index (χ2v) is 6.00. The Bertz CT molecular complexity index is 544. The topological polar surface area (TPSA) is 100 Å². The molecule has 0 fully saturated rings. The number of rotatable bonds is 7. The molecule has 0 aliphatic carbocycles. The van der Waals surface area contributed by atoms with Crippen LogP contribution in [0, 0.1) is 0 Å². The number of hydrogen-bond acceptors (Lipinski definition) is 4. The third-order valence-corrected chi connectivity index (χ3v) is 2.81. The number of Topliss-reactive ketones (excluding diaryl/α,β-unsaturated/α-hetero) is 1. The molecule has 4 N–H and O–H groups in total. The van der Waals surface area contributed by atoms with Gasteiger partial charge in [-0.3, -0.25) is 14.9 Å². The molecular weight excluding hydrogens is 284 g/mol. The van der Waals surface area contributed by atoms with E-state index in [4.69, 9.17) is 0 Å². The van der Waals surface area contributed by atoms with Crippen molar-refractivity contribution in [1.82, 2.24) is 5.32 Å². The molecule has 0 saturated carbocycles. The third-order valence-electron chi connectivity index (χ3n) is 2.81. The summed E-state index contributed by atoms with van der Waals surface area (Å²) < 4.78 is 0. The first kappa shape index (κ1) is 18.0. The first-order chi connectivity index (χ1) is 10.2. The zero-order valence-corrected chi connectivity index (χ0v) is 13.2. The summed E-state index contributed by atoms with van der Waals surface area (Å²) in [6.45, 7) is 4.88. The minimum absolute atomic E-state index is 0.0653. The number of primary amides is 1. The van der Waals surface area contributed by atoms with Crippen LogP contribution in [0.3, 0.4) is 0 Å². The van der Waals surface area contributed by atoms with Crippen LogP contribution in [0.25, 0.3) is 0 Å². The lowest BCUT2D eigenvalue weighted by Gasteiger charge is -2.13. The van der Waals surface area contributed by atoms with Crippen molar-refractivity contribution in [2.75, 3.05) is 0 Å². The van der Waals surface area contributed by atoms with Crippen molar-refractivity contribution in [2.24, 2.45) is 0 Å². The molecule has 6 heteroatoms. The van der Waals surface area contributed by atoms with Gasteiger partial charge in [0, 0.05) is 6.54 Å². The van der Waals surface area contributed by atoms with Crippen LogP contribution in [0.1, 0.15) is 39.2 Å². The predicted molar refractivity (Wildman–Crippen MR) is 81.1 cm³/mol. The van der Waals surface area contributed by atoms with Crippen LogP contribution in [0.4, 0.5) is 5.69 Å². The molecule has 2 amide bonds. The third kappa shape index (κ3) is 7.66. The Hall–Kier alpha value is -2.05. The second kappa shape index (κ2) is 7.82. The fraction of sp³-hybridized carbons (Fsp3) is 0.438. The van der Waals surface area contributed by atoms with E-state index in [0.717, 1.165) is 11.3 Å². The summed E-state index contributed by atoms with van der Waals surface area (Å²) in [4.78, 5) is 33.9. The van der Waals surface area contributed by atoms with E-state index in [9.17, 15) is 19.5 Å². The van der Waals surface area contributed by atoms with Crippen molar-refractivity contribution in [2.45, 2.75) is 45.8 Å². The van der Waals surface area contributed by atoms with Gasteiger partial charge in [-0.15, -0.1) is 0 Å². The van der Waals surface area contributed by atoms with E-state index in [1.54, 1.807) is 38.1 Å². The summed E-state index contributed by atoms with van der Waals surface area (Å²) >= 11 is 0. The SMILES string of the molecule is CC(=O)CC(=O)NCc1ccc([NH2+]C(=O)CC(C)(C)O)cc1. The van der Waals surface area contributed by atoms with Gasteiger partial charge in [-0.1, -0.05) is 12.1 Å². The van der Waals surface area contributed by atoms with E-state index in [0.29, 0.717) is 6.54 Å². The maximum atomic E-state index is 11.7. The van der Waals surface area contributed by atoms with Gasteiger partial charge >= 0.3 is 5.91 Å². The summed E-state index contributed by atoms with van der Waals surface area (Å²) in [6.07, 6.45) is -0.0484. The van der Waals surface area contributed by atoms with Crippen molar-refractivity contribution in [3.8, 4) is 0 Å². The van der Waals surface area contributed by atoms with Crippen LogP contribution in [-0.4, -0.2) is 28.3 Å². The normalized spacial score (nSPS) is 11.1. The number of aliphatic hydroxyl groups is 1. The molecule has 0 aliphatic rings. The molecule has 120 valence electrons. The molecule has 0 aliphatic heterocycles. The zero-order chi connectivity index (χ0) is 16.8. The monoisotopic (exact) mass is 307 g/mol. The number of nitrogens with one attached hydrogen (secondary N) is 1. The van der Waals surface area contributed by atoms with E-state index in [1.807, 2.05) is 0 Å². The number of ketones is 1. The molecule has 0 atom stereocenters. The molecular formula is C16H23N2O4+. The Balaban J connectivity index is 2.48. The van der Waals surface area contributed by atoms with Crippen LogP contribution >= 0.6 is 0 Å². The number of carbonyl (C=O) groups excluding carboxylic acids is 3. The first-order valence-corrected chi connectivity index (χ1v) is 7.11. The van der Waals surface area contributed by atoms with Crippen molar-refractivity contribution >= 4 is 23.3 Å². The summed E-state index contributed by atoms with van der Waals surface area (Å²) in [7, 11) is 0. The molecule has 0 aromatic heterocycles. The van der Waals surface area contributed by atoms with Crippen LogP contribution < -0.4 is 10.6 Å². The number of hydrogen-bond donors (Lipinski definition) is 3. The maximum absolute atomic E-state index is 11.7. The lowest BCUT2D eigenvalue weighted by Crippen LogP contribution is -2.82. The highest BCUT2D eigenvalue weighted by molar-refractivity contribution is 5.96. The van der Waals surface area contributed by atoms with Gasteiger partial charge in [0.2, 0.25) is 5.91 Å². The largest absolute Gasteiger partial charge is 0.390 e. The van der Waals surface area contributed by atoms with E-state index in [-0.39, 0.29) is 30.4 Å². The Morgan fingerprint density at radius 3 is 2.27 bits per heavy atom. The molecule has 1 aromatic rings. The highest BCUT2D eigenvalue weighted by atomic mass is 16.3. The van der Waals surface area contributed by atoms with E-state index < -0.39 is 5.60 Å². The number of benzene rings is 1. The Morgan fingerprint density at radius 1 is 1.18 bits per heavy atom. The molecule has 0 spiro atoms. The molecule has 0 heterocycles. The molecule has 0 bridgehead atoms. The molecule has 1 aromatic carbocycles. The van der Waals surface area contributed by atoms with Crippen LogP contribution in [-0.2, 0) is 20.9 Å². The second-order valence-electron chi connectivity index (χ2n) is 6.00. The molecule has 1 rings (SSSR count). The number of quaternary nitrogens is 1. The van der Waals surface area contributed by atoms with Crippen molar-refractivity contribution in [3.05, 3.63) is 29.8 Å². The van der Waals surface area contributed by atoms with E-state index in [1.165, 1.54) is 12.2 Å². The van der Waals surface area contributed by atoms with Gasteiger partial charge < -0.3 is 10.4 Å². The fourth-order valence-corrected chi connectivity index (χ4v) is 1.88. The highest BCUT2D eigenvalue weighted by Crippen LogP contribution is 2.07. The maximum Gasteiger partial charge on any atom is 0.318 e. The predicted octanol–water partition coefficient (Wildman–Crippen LogP) is 0.164. The smallest absolute Gasteiger partial charge is 0.318 e. The number of carbonyl (C=O) groups is 3. The van der Waals surface area contributed by atoms with Crippen LogP contribution in [0.5, 0.6) is 0 Å². The number of nitrogens with two attached hydrogens (primary N) is 1. The molecule has 22 heavy (non-hydrogen) atoms. The summed E-state index contributed by atoms with van der Waals surface area (Å²) in [5.74, 6) is -0.619. The van der Waals surface area contributed by atoms with Crippen molar-refractivity contribution in [1.29, 1.82) is 0 Å². The van der Waals surface area contributed by atoms with Crippen molar-refractivity contribution < 1.29 is 24.8 Å². The van der Waals surface area contributed by atoms with E-state index in [2.05, 4.69) is 5.32 Å². The summed E-state index contributed by atoms with van der Waals surface area (Å²) in [6, 6.07) is 7.15. The quantitative estimate of drug-likeness (QED) is 0.493. The molecule has 0 unspecified atom stereocenters. The standard InChI is InChI=1S/C16H22N2O4/c1-11(19)8-14(20)17-10-12-4-6-13(7-5-12)18-15(21)9-16(2,3)22/h4-7,22H,8-10H2,1-3H3,(H,17,20)(H,18,21)/p+1. The van der Waals surface area contributed by atoms with Crippen LogP contribution in [0.15, 0.2) is 24.3 Å². The summed E-state index contributed by atoms with van der Waals surface area (Å²) in [5.41, 5.74) is 0.603. The van der Waals surface area contributed by atoms with Gasteiger partial charge in [-0.25, -0.2) is 4.79 Å². The first-order valence-electron chi connectivity index (χ1n) is 7.11. The minimum Gasteiger partial charge on any atom is -0.390 e. The Kier molecular flexibility index (Phi) is 6.39. The van der Waals surface area contributed by atoms with Gasteiger partial charge in [-0.2, -0.15) is 0 Å². The number of amides is 2. The van der Waals surface area contributed by atoms with Gasteiger partial charge in [0.1, 0.15) is 11.5 Å². The van der Waals surface area contributed by atoms with Crippen LogP contribution in [0.2, 0.25) is 0 Å². The minimum atomic E-state index is -1.02. The lowest BCUT2D eigenvalue weighted by atomic mass is 10.1. The molecule has 6 nitrogen and oxygen atoms in total. The van der Waals surface area contributed by atoms with Gasteiger partial charge in [0.05, 0.1) is 18.4 Å². The van der Waals surface area contributed by atoms with E-state index >= 15 is 0 Å². The van der Waals surface area contributed by atoms with Gasteiger partial charge in [0.15, 0.2) is 0 Å². The Morgan fingerprint density at radius 2 is 1.77 bits per heavy atom. The fourth-order valence-electron chi connectivity index (χ4n) is 1.88. The summed E-state index contributed by atoms with van der Waals surface area (Å²) in [5, 5.41) is 13.7. The zero-order valence-electron chi connectivity index (χ0n) is 13.2. The van der Waals surface area contributed by atoms with Gasteiger partial charge in [-0.05, 0) is 38.5 Å².